The van der Waals surface area contributed by atoms with Crippen molar-refractivity contribution in [3.05, 3.63) is 29.3 Å². The Morgan fingerprint density at radius 1 is 1.39 bits per heavy atom. The monoisotopic (exact) mass is 246 g/mol. The molecule has 0 bridgehead atoms. The fraction of sp³-hybridized carbons (Fsp3) is 0.533. The van der Waals surface area contributed by atoms with E-state index in [1.165, 1.54) is 6.42 Å². The number of likely N-dealkylation sites (tertiary alicyclic amines) is 1. The van der Waals surface area contributed by atoms with Gasteiger partial charge in [-0.2, -0.15) is 0 Å². The minimum atomic E-state index is 0.0876. The third-order valence-corrected chi connectivity index (χ3v) is 4.15. The second-order valence-corrected chi connectivity index (χ2v) is 5.40. The van der Waals surface area contributed by atoms with Gasteiger partial charge >= 0.3 is 0 Å². The number of nitrogens with two attached hydrogens (primary N) is 1. The zero-order chi connectivity index (χ0) is 13.3. The maximum absolute atomic E-state index is 12.6. The lowest BCUT2D eigenvalue weighted by Crippen LogP contribution is -2.46. The van der Waals surface area contributed by atoms with E-state index >= 15 is 0 Å². The predicted molar refractivity (Wildman–Crippen MR) is 74.5 cm³/mol. The predicted octanol–water partition coefficient (Wildman–Crippen LogP) is 2.84. The maximum Gasteiger partial charge on any atom is 0.256 e. The van der Waals surface area contributed by atoms with Crippen molar-refractivity contribution in [1.82, 2.24) is 4.90 Å². The number of carbonyl (C=O) groups excluding carboxylic acids is 1. The Bertz CT molecular complexity index is 436. The van der Waals surface area contributed by atoms with Gasteiger partial charge in [0.05, 0.1) is 5.56 Å². The Morgan fingerprint density at radius 3 is 2.78 bits per heavy atom. The van der Waals surface area contributed by atoms with Crippen LogP contribution in [0.5, 0.6) is 0 Å². The summed E-state index contributed by atoms with van der Waals surface area (Å²) in [5.74, 6) is 0.651. The molecule has 98 valence electrons. The largest absolute Gasteiger partial charge is 0.398 e. The highest BCUT2D eigenvalue weighted by atomic mass is 16.2. The third kappa shape index (κ3) is 2.22. The van der Waals surface area contributed by atoms with Crippen molar-refractivity contribution in [2.75, 3.05) is 12.3 Å². The lowest BCUT2D eigenvalue weighted by molar-refractivity contribution is 0.0551. The summed E-state index contributed by atoms with van der Waals surface area (Å²) in [7, 11) is 0. The number of benzene rings is 1. The molecule has 1 fully saturated rings. The van der Waals surface area contributed by atoms with Crippen LogP contribution in [0.15, 0.2) is 18.2 Å². The van der Waals surface area contributed by atoms with Gasteiger partial charge in [0.1, 0.15) is 0 Å². The lowest BCUT2D eigenvalue weighted by atomic mass is 9.91. The van der Waals surface area contributed by atoms with Crippen molar-refractivity contribution in [1.29, 1.82) is 0 Å². The van der Waals surface area contributed by atoms with Gasteiger partial charge in [0, 0.05) is 18.3 Å². The van der Waals surface area contributed by atoms with Gasteiger partial charge in [-0.25, -0.2) is 0 Å². The summed E-state index contributed by atoms with van der Waals surface area (Å²) in [5.41, 5.74) is 8.19. The fourth-order valence-corrected chi connectivity index (χ4v) is 2.75. The highest BCUT2D eigenvalue weighted by Crippen LogP contribution is 2.27. The molecule has 1 heterocycles. The average Bonchev–Trinajstić information content (AvgIpc) is 2.32. The summed E-state index contributed by atoms with van der Waals surface area (Å²) in [6.07, 6.45) is 2.29. The van der Waals surface area contributed by atoms with Gasteiger partial charge in [-0.1, -0.05) is 19.1 Å². The van der Waals surface area contributed by atoms with E-state index in [2.05, 4.69) is 13.8 Å². The molecule has 0 spiro atoms. The SMILES string of the molecule is Cc1cccc(N)c1C(=O)N1CCCC(C)C1C. The van der Waals surface area contributed by atoms with Crippen LogP contribution in [-0.4, -0.2) is 23.4 Å². The number of rotatable bonds is 1. The Balaban J connectivity index is 2.31. The summed E-state index contributed by atoms with van der Waals surface area (Å²) in [4.78, 5) is 14.6. The van der Waals surface area contributed by atoms with Crippen LogP contribution in [0.25, 0.3) is 0 Å². The van der Waals surface area contributed by atoms with E-state index < -0.39 is 0 Å². The van der Waals surface area contributed by atoms with E-state index in [1.54, 1.807) is 6.07 Å². The van der Waals surface area contributed by atoms with Crippen LogP contribution in [0.4, 0.5) is 5.69 Å². The zero-order valence-electron chi connectivity index (χ0n) is 11.4. The molecule has 0 aromatic heterocycles. The number of hydrogen-bond acceptors (Lipinski definition) is 2. The zero-order valence-corrected chi connectivity index (χ0v) is 11.4. The van der Waals surface area contributed by atoms with Crippen molar-refractivity contribution >= 4 is 11.6 Å². The number of aryl methyl sites for hydroxylation is 1. The number of nitrogens with zero attached hydrogens (tertiary/aromatic N) is 1. The van der Waals surface area contributed by atoms with E-state index in [9.17, 15) is 4.79 Å². The van der Waals surface area contributed by atoms with Gasteiger partial charge in [-0.3, -0.25) is 4.79 Å². The highest BCUT2D eigenvalue weighted by molar-refractivity contribution is 6.00. The average molecular weight is 246 g/mol. The van der Waals surface area contributed by atoms with E-state index in [-0.39, 0.29) is 5.91 Å². The van der Waals surface area contributed by atoms with Crippen LogP contribution in [0.2, 0.25) is 0 Å². The lowest BCUT2D eigenvalue weighted by Gasteiger charge is -2.38. The van der Waals surface area contributed by atoms with E-state index in [1.807, 2.05) is 24.0 Å². The van der Waals surface area contributed by atoms with Gasteiger partial charge < -0.3 is 10.6 Å². The van der Waals surface area contributed by atoms with Crippen molar-refractivity contribution in [3.8, 4) is 0 Å². The van der Waals surface area contributed by atoms with Crippen molar-refractivity contribution in [3.63, 3.8) is 0 Å². The molecule has 2 atom stereocenters. The fourth-order valence-electron chi connectivity index (χ4n) is 2.75. The number of carbonyl (C=O) groups is 1. The molecule has 0 radical (unpaired) electrons. The summed E-state index contributed by atoms with van der Waals surface area (Å²) >= 11 is 0. The Morgan fingerprint density at radius 2 is 2.11 bits per heavy atom. The highest BCUT2D eigenvalue weighted by Gasteiger charge is 2.30. The molecule has 2 N–H and O–H groups in total. The molecule has 1 aromatic rings. The molecule has 1 aromatic carbocycles. The molecule has 1 aliphatic heterocycles. The minimum absolute atomic E-state index is 0.0876. The second-order valence-electron chi connectivity index (χ2n) is 5.40. The standard InChI is InChI=1S/C15H22N2O/c1-10-7-5-9-17(12(10)3)15(18)14-11(2)6-4-8-13(14)16/h4,6,8,10,12H,5,7,9,16H2,1-3H3. The molecule has 1 saturated heterocycles. The van der Waals surface area contributed by atoms with E-state index in [0.29, 0.717) is 23.2 Å². The number of hydrogen-bond donors (Lipinski definition) is 1. The first kappa shape index (κ1) is 12.9. The summed E-state index contributed by atoms with van der Waals surface area (Å²) in [6, 6.07) is 5.94. The quantitative estimate of drug-likeness (QED) is 0.774. The van der Waals surface area contributed by atoms with Gasteiger partial charge in [0.25, 0.3) is 5.91 Å². The third-order valence-electron chi connectivity index (χ3n) is 4.15. The van der Waals surface area contributed by atoms with Crippen molar-refractivity contribution in [2.24, 2.45) is 5.92 Å². The molecule has 3 heteroatoms. The first-order chi connectivity index (χ1) is 8.52. The Labute approximate surface area is 109 Å². The molecule has 0 saturated carbocycles. The maximum atomic E-state index is 12.6. The topological polar surface area (TPSA) is 46.3 Å². The smallest absolute Gasteiger partial charge is 0.256 e. The van der Waals surface area contributed by atoms with Gasteiger partial charge in [0.2, 0.25) is 0 Å². The molecule has 0 aliphatic carbocycles. The van der Waals surface area contributed by atoms with Gasteiger partial charge in [-0.15, -0.1) is 0 Å². The second kappa shape index (κ2) is 5.01. The molecular weight excluding hydrogens is 224 g/mol. The molecule has 2 unspecified atom stereocenters. The molecule has 2 rings (SSSR count). The van der Waals surface area contributed by atoms with Gasteiger partial charge in [-0.05, 0) is 44.2 Å². The van der Waals surface area contributed by atoms with Gasteiger partial charge in [0.15, 0.2) is 0 Å². The van der Waals surface area contributed by atoms with E-state index in [4.69, 9.17) is 5.73 Å². The van der Waals surface area contributed by atoms with E-state index in [0.717, 1.165) is 18.5 Å². The molecule has 18 heavy (non-hydrogen) atoms. The molecule has 1 amide bonds. The van der Waals surface area contributed by atoms with Crippen LogP contribution in [0, 0.1) is 12.8 Å². The molecule has 1 aliphatic rings. The normalized spacial score (nSPS) is 24.1. The summed E-state index contributed by atoms with van der Waals surface area (Å²) in [5, 5.41) is 0. The minimum Gasteiger partial charge on any atom is -0.398 e. The number of nitrogen functional groups attached to an aromatic ring is 1. The molecular formula is C15H22N2O. The first-order valence-electron chi connectivity index (χ1n) is 6.68. The Kier molecular flexibility index (Phi) is 3.60. The van der Waals surface area contributed by atoms with Crippen LogP contribution in [-0.2, 0) is 0 Å². The van der Waals surface area contributed by atoms with Crippen LogP contribution < -0.4 is 5.73 Å². The van der Waals surface area contributed by atoms with Crippen LogP contribution in [0.3, 0.4) is 0 Å². The van der Waals surface area contributed by atoms with Crippen LogP contribution in [0.1, 0.15) is 42.6 Å². The molecule has 3 nitrogen and oxygen atoms in total. The van der Waals surface area contributed by atoms with Crippen LogP contribution >= 0.6 is 0 Å². The number of anilines is 1. The first-order valence-corrected chi connectivity index (χ1v) is 6.68. The summed E-state index contributed by atoms with van der Waals surface area (Å²) in [6.45, 7) is 7.14. The Hall–Kier alpha value is -1.51. The number of piperidine rings is 1. The van der Waals surface area contributed by atoms with Crippen molar-refractivity contribution in [2.45, 2.75) is 39.7 Å². The summed E-state index contributed by atoms with van der Waals surface area (Å²) < 4.78 is 0. The number of amides is 1. The van der Waals surface area contributed by atoms with Crippen molar-refractivity contribution < 1.29 is 4.79 Å².